The summed E-state index contributed by atoms with van der Waals surface area (Å²) in [5.74, 6) is -0.247. The molecule has 2 heterocycles. The zero-order chi connectivity index (χ0) is 32.7. The number of nitrogens with zero attached hydrogens (tertiary/aromatic N) is 3. The number of morpholine rings is 1. The SMILES string of the molecule is CC(CO)c1nc(CN(C)C(=O)N[C@@H](CCN2CCOCC2)C(=O)N[C@H](CC[C@@H](N)Cc2ccccc2)Cc2ccccc2)cs1. The van der Waals surface area contributed by atoms with Crippen molar-refractivity contribution in [1.29, 1.82) is 0 Å². The molecule has 0 saturated carbocycles. The Hall–Kier alpha value is -3.35. The van der Waals surface area contributed by atoms with E-state index in [2.05, 4.69) is 44.8 Å². The Morgan fingerprint density at radius 1 is 1.00 bits per heavy atom. The van der Waals surface area contributed by atoms with Crippen LogP contribution in [0.2, 0.25) is 0 Å². The second kappa shape index (κ2) is 18.7. The van der Waals surface area contributed by atoms with Crippen molar-refractivity contribution in [2.24, 2.45) is 5.73 Å². The summed E-state index contributed by atoms with van der Waals surface area (Å²) in [4.78, 5) is 35.7. The van der Waals surface area contributed by atoms with Crippen molar-refractivity contribution in [1.82, 2.24) is 25.4 Å². The Kier molecular flexibility index (Phi) is 14.4. The summed E-state index contributed by atoms with van der Waals surface area (Å²) in [7, 11) is 1.70. The minimum absolute atomic E-state index is 0.0213. The second-order valence-electron chi connectivity index (χ2n) is 12.3. The van der Waals surface area contributed by atoms with Crippen LogP contribution in [0, 0.1) is 0 Å². The highest BCUT2D eigenvalue weighted by Crippen LogP contribution is 2.20. The van der Waals surface area contributed by atoms with Crippen LogP contribution in [0.4, 0.5) is 4.79 Å². The third-order valence-electron chi connectivity index (χ3n) is 8.36. The first kappa shape index (κ1) is 35.5. The number of carbonyl (C=O) groups excluding carboxylic acids is 2. The Labute approximate surface area is 277 Å². The molecule has 1 fully saturated rings. The third kappa shape index (κ3) is 11.8. The van der Waals surface area contributed by atoms with Crippen molar-refractivity contribution in [3.63, 3.8) is 0 Å². The first-order chi connectivity index (χ1) is 22.3. The average molecular weight is 651 g/mol. The predicted octanol–water partition coefficient (Wildman–Crippen LogP) is 3.55. The molecule has 3 aromatic rings. The molecule has 0 aliphatic carbocycles. The van der Waals surface area contributed by atoms with Crippen LogP contribution in [0.15, 0.2) is 66.0 Å². The van der Waals surface area contributed by atoms with Crippen molar-refractivity contribution in [3.05, 3.63) is 87.9 Å². The molecule has 1 unspecified atom stereocenters. The molecular formula is C35H50N6O4S. The van der Waals surface area contributed by atoms with Crippen LogP contribution in [-0.2, 0) is 28.9 Å². The number of amides is 3. The van der Waals surface area contributed by atoms with E-state index in [9.17, 15) is 14.7 Å². The fourth-order valence-corrected chi connectivity index (χ4v) is 6.40. The van der Waals surface area contributed by atoms with Crippen molar-refractivity contribution < 1.29 is 19.4 Å². The Balaban J connectivity index is 1.42. The molecule has 4 atom stereocenters. The summed E-state index contributed by atoms with van der Waals surface area (Å²) in [6.07, 6.45) is 3.40. The Bertz CT molecular complexity index is 1320. The second-order valence-corrected chi connectivity index (χ2v) is 13.2. The van der Waals surface area contributed by atoms with E-state index in [1.54, 1.807) is 11.9 Å². The quantitative estimate of drug-likeness (QED) is 0.176. The van der Waals surface area contributed by atoms with Crippen LogP contribution >= 0.6 is 11.3 Å². The van der Waals surface area contributed by atoms with Gasteiger partial charge in [0.25, 0.3) is 0 Å². The average Bonchev–Trinajstić information content (AvgIpc) is 3.54. The zero-order valence-corrected chi connectivity index (χ0v) is 28.0. The van der Waals surface area contributed by atoms with Crippen LogP contribution in [0.5, 0.6) is 0 Å². The monoisotopic (exact) mass is 650 g/mol. The molecule has 0 bridgehead atoms. The van der Waals surface area contributed by atoms with Gasteiger partial charge >= 0.3 is 6.03 Å². The van der Waals surface area contributed by atoms with E-state index >= 15 is 0 Å². The van der Waals surface area contributed by atoms with Crippen LogP contribution in [0.25, 0.3) is 0 Å². The number of aliphatic hydroxyl groups is 1. The van der Waals surface area contributed by atoms with Gasteiger partial charge in [0.05, 0.1) is 37.1 Å². The maximum absolute atomic E-state index is 13.9. The van der Waals surface area contributed by atoms with Crippen molar-refractivity contribution in [2.45, 2.75) is 69.6 Å². The van der Waals surface area contributed by atoms with E-state index in [0.717, 1.165) is 48.6 Å². The number of thiazole rings is 1. The van der Waals surface area contributed by atoms with Gasteiger partial charge in [-0.05, 0) is 43.2 Å². The van der Waals surface area contributed by atoms with Gasteiger partial charge in [-0.15, -0.1) is 11.3 Å². The van der Waals surface area contributed by atoms with Gasteiger partial charge < -0.3 is 31.1 Å². The van der Waals surface area contributed by atoms with Gasteiger partial charge in [0.15, 0.2) is 0 Å². The first-order valence-electron chi connectivity index (χ1n) is 16.3. The van der Waals surface area contributed by atoms with Crippen LogP contribution < -0.4 is 16.4 Å². The molecular weight excluding hydrogens is 600 g/mol. The molecule has 250 valence electrons. The van der Waals surface area contributed by atoms with E-state index in [0.29, 0.717) is 39.1 Å². The lowest BCUT2D eigenvalue weighted by Crippen LogP contribution is -2.54. The molecule has 3 amide bonds. The zero-order valence-electron chi connectivity index (χ0n) is 27.1. The number of carbonyl (C=O) groups is 2. The highest BCUT2D eigenvalue weighted by Gasteiger charge is 2.27. The largest absolute Gasteiger partial charge is 0.396 e. The summed E-state index contributed by atoms with van der Waals surface area (Å²) in [6, 6.07) is 19.1. The number of hydrogen-bond acceptors (Lipinski definition) is 8. The van der Waals surface area contributed by atoms with Crippen LogP contribution in [-0.4, -0.2) is 96.5 Å². The molecule has 4 rings (SSSR count). The standard InChI is InChI=1S/C35H50N6O4S/c1-26(24-42)34-38-31(25-46-34)23-40(2)35(44)39-32(15-16-41-17-19-45-20-18-41)33(43)37-30(22-28-11-7-4-8-12-28)14-13-29(36)21-27-9-5-3-6-10-27/h3-12,25-26,29-30,32,42H,13-24,36H2,1-2H3,(H,37,43)(H,39,44)/t26?,29-,30-,32+/m1/s1. The predicted molar refractivity (Wildman–Crippen MR) is 183 cm³/mol. The van der Waals surface area contributed by atoms with Gasteiger partial charge in [-0.3, -0.25) is 9.69 Å². The van der Waals surface area contributed by atoms with Gasteiger partial charge in [0.1, 0.15) is 6.04 Å². The van der Waals surface area contributed by atoms with Gasteiger partial charge in [-0.1, -0.05) is 67.6 Å². The highest BCUT2D eigenvalue weighted by molar-refractivity contribution is 7.09. The van der Waals surface area contributed by atoms with E-state index in [1.165, 1.54) is 16.9 Å². The molecule has 1 aliphatic rings. The van der Waals surface area contributed by atoms with E-state index in [1.807, 2.05) is 48.7 Å². The number of urea groups is 1. The summed E-state index contributed by atoms with van der Waals surface area (Å²) in [5.41, 5.74) is 9.64. The molecule has 2 aromatic carbocycles. The smallest absolute Gasteiger partial charge is 0.318 e. The summed E-state index contributed by atoms with van der Waals surface area (Å²) >= 11 is 1.47. The van der Waals surface area contributed by atoms with Crippen molar-refractivity contribution >= 4 is 23.3 Å². The molecule has 11 heteroatoms. The maximum atomic E-state index is 13.9. The van der Waals surface area contributed by atoms with Gasteiger partial charge in [-0.2, -0.15) is 0 Å². The summed E-state index contributed by atoms with van der Waals surface area (Å²) in [6.45, 7) is 5.84. The third-order valence-corrected chi connectivity index (χ3v) is 9.49. The molecule has 1 saturated heterocycles. The molecule has 0 radical (unpaired) electrons. The number of rotatable bonds is 17. The van der Waals surface area contributed by atoms with E-state index in [4.69, 9.17) is 10.5 Å². The number of aliphatic hydroxyl groups excluding tert-OH is 1. The van der Waals surface area contributed by atoms with E-state index < -0.39 is 6.04 Å². The van der Waals surface area contributed by atoms with Crippen molar-refractivity contribution in [2.75, 3.05) is 46.5 Å². The number of nitrogens with two attached hydrogens (primary N) is 1. The summed E-state index contributed by atoms with van der Waals surface area (Å²) in [5, 5.41) is 18.5. The first-order valence-corrected chi connectivity index (χ1v) is 17.2. The van der Waals surface area contributed by atoms with E-state index in [-0.39, 0.29) is 36.5 Å². The van der Waals surface area contributed by atoms with Crippen LogP contribution in [0.1, 0.15) is 53.9 Å². The number of ether oxygens (including phenoxy) is 1. The minimum atomic E-state index is -0.713. The fraction of sp³-hybridized carbons (Fsp3) is 0.514. The molecule has 5 N–H and O–H groups in total. The van der Waals surface area contributed by atoms with Gasteiger partial charge in [-0.25, -0.2) is 9.78 Å². The lowest BCUT2D eigenvalue weighted by molar-refractivity contribution is -0.124. The minimum Gasteiger partial charge on any atom is -0.396 e. The van der Waals surface area contributed by atoms with Crippen LogP contribution in [0.3, 0.4) is 0 Å². The Morgan fingerprint density at radius 2 is 1.65 bits per heavy atom. The topological polar surface area (TPSA) is 133 Å². The lowest BCUT2D eigenvalue weighted by Gasteiger charge is -2.30. The molecule has 10 nitrogen and oxygen atoms in total. The fourth-order valence-electron chi connectivity index (χ4n) is 5.54. The molecule has 0 spiro atoms. The number of benzene rings is 2. The molecule has 46 heavy (non-hydrogen) atoms. The number of aromatic nitrogens is 1. The Morgan fingerprint density at radius 3 is 2.30 bits per heavy atom. The summed E-state index contributed by atoms with van der Waals surface area (Å²) < 4.78 is 5.50. The highest BCUT2D eigenvalue weighted by atomic mass is 32.1. The normalized spacial score (nSPS) is 16.3. The lowest BCUT2D eigenvalue weighted by atomic mass is 9.96. The van der Waals surface area contributed by atoms with Crippen molar-refractivity contribution in [3.8, 4) is 0 Å². The molecule has 1 aromatic heterocycles. The maximum Gasteiger partial charge on any atom is 0.318 e. The number of hydrogen-bond donors (Lipinski definition) is 4. The van der Waals surface area contributed by atoms with Gasteiger partial charge in [0, 0.05) is 50.1 Å². The van der Waals surface area contributed by atoms with Gasteiger partial charge in [0.2, 0.25) is 5.91 Å². The number of nitrogens with one attached hydrogen (secondary N) is 2. The molecule has 1 aliphatic heterocycles.